The molecule has 0 spiro atoms. The summed E-state index contributed by atoms with van der Waals surface area (Å²) >= 11 is 0. The van der Waals surface area contributed by atoms with Crippen LogP contribution >= 0.6 is 0 Å². The van der Waals surface area contributed by atoms with Crippen molar-refractivity contribution in [3.8, 4) is 0 Å². The fraction of sp³-hybridized carbons (Fsp3) is 0.812. The van der Waals surface area contributed by atoms with Crippen LogP contribution in [0.15, 0.2) is 12.4 Å². The third kappa shape index (κ3) is 3.68. The lowest BCUT2D eigenvalue weighted by molar-refractivity contribution is -0.00620. The van der Waals surface area contributed by atoms with Crippen LogP contribution in [0.4, 0.5) is 0 Å². The van der Waals surface area contributed by atoms with Gasteiger partial charge in [-0.1, -0.05) is 0 Å². The SMILES string of the molecule is COCCO[C@H]1CCN(C2CCOC2)[C@@H]1Cc1cnn(C)c1. The van der Waals surface area contributed by atoms with E-state index in [0.717, 1.165) is 39.0 Å². The van der Waals surface area contributed by atoms with Gasteiger partial charge in [0, 0.05) is 45.6 Å². The zero-order valence-electron chi connectivity index (χ0n) is 13.6. The minimum absolute atomic E-state index is 0.274. The molecule has 1 unspecified atom stereocenters. The van der Waals surface area contributed by atoms with Crippen molar-refractivity contribution >= 4 is 0 Å². The normalized spacial score (nSPS) is 29.5. The monoisotopic (exact) mass is 309 g/mol. The number of rotatable bonds is 7. The minimum atomic E-state index is 0.274. The third-order valence-electron chi connectivity index (χ3n) is 4.72. The molecule has 0 N–H and O–H groups in total. The van der Waals surface area contributed by atoms with Crippen molar-refractivity contribution in [1.29, 1.82) is 0 Å². The Morgan fingerprint density at radius 2 is 2.27 bits per heavy atom. The summed E-state index contributed by atoms with van der Waals surface area (Å²) in [6.45, 7) is 4.16. The molecule has 22 heavy (non-hydrogen) atoms. The van der Waals surface area contributed by atoms with E-state index in [9.17, 15) is 0 Å². The summed E-state index contributed by atoms with van der Waals surface area (Å²) in [6, 6.07) is 0.949. The average Bonchev–Trinajstić information content (AvgIpc) is 3.22. The van der Waals surface area contributed by atoms with Crippen molar-refractivity contribution in [2.24, 2.45) is 7.05 Å². The molecule has 0 amide bonds. The lowest BCUT2D eigenvalue weighted by atomic mass is 10.0. The van der Waals surface area contributed by atoms with Gasteiger partial charge in [0.05, 0.1) is 32.1 Å². The van der Waals surface area contributed by atoms with Crippen molar-refractivity contribution < 1.29 is 14.2 Å². The van der Waals surface area contributed by atoms with Crippen LogP contribution in [0.5, 0.6) is 0 Å². The molecular weight excluding hydrogens is 282 g/mol. The van der Waals surface area contributed by atoms with Gasteiger partial charge < -0.3 is 14.2 Å². The molecule has 1 aromatic heterocycles. The van der Waals surface area contributed by atoms with Gasteiger partial charge in [-0.2, -0.15) is 5.10 Å². The second-order valence-corrected chi connectivity index (χ2v) is 6.24. The third-order valence-corrected chi connectivity index (χ3v) is 4.72. The van der Waals surface area contributed by atoms with Crippen molar-refractivity contribution in [3.63, 3.8) is 0 Å². The average molecular weight is 309 g/mol. The molecule has 3 atom stereocenters. The fourth-order valence-corrected chi connectivity index (χ4v) is 3.63. The Bertz CT molecular complexity index is 459. The molecule has 6 nitrogen and oxygen atoms in total. The summed E-state index contributed by atoms with van der Waals surface area (Å²) in [7, 11) is 3.68. The first-order valence-corrected chi connectivity index (χ1v) is 8.19. The summed E-state index contributed by atoms with van der Waals surface area (Å²) < 4.78 is 18.7. The molecule has 124 valence electrons. The van der Waals surface area contributed by atoms with E-state index in [2.05, 4.69) is 16.2 Å². The molecular formula is C16H27N3O3. The summed E-state index contributed by atoms with van der Waals surface area (Å²) in [6.07, 6.45) is 7.55. The molecule has 0 saturated carbocycles. The first kappa shape index (κ1) is 15.9. The maximum atomic E-state index is 6.09. The predicted octanol–water partition coefficient (Wildman–Crippen LogP) is 0.857. The zero-order chi connectivity index (χ0) is 15.4. The van der Waals surface area contributed by atoms with Crippen LogP contribution in [0.1, 0.15) is 18.4 Å². The molecule has 0 aliphatic carbocycles. The van der Waals surface area contributed by atoms with Crippen LogP contribution < -0.4 is 0 Å². The van der Waals surface area contributed by atoms with Crippen LogP contribution in [0.25, 0.3) is 0 Å². The molecule has 2 fully saturated rings. The number of ether oxygens (including phenoxy) is 3. The number of aryl methyl sites for hydroxylation is 1. The standard InChI is InChI=1S/C16H27N3O3/c1-18-11-13(10-17-18)9-15-16(22-8-7-20-2)3-5-19(15)14-4-6-21-12-14/h10-11,14-16H,3-9,12H2,1-2H3/t14?,15-,16+/m1/s1. The predicted molar refractivity (Wildman–Crippen MR) is 82.9 cm³/mol. The van der Waals surface area contributed by atoms with E-state index in [-0.39, 0.29) is 6.10 Å². The molecule has 0 bridgehead atoms. The van der Waals surface area contributed by atoms with E-state index >= 15 is 0 Å². The van der Waals surface area contributed by atoms with Gasteiger partial charge in [-0.25, -0.2) is 0 Å². The van der Waals surface area contributed by atoms with Gasteiger partial charge in [0.25, 0.3) is 0 Å². The van der Waals surface area contributed by atoms with E-state index in [1.807, 2.05) is 17.9 Å². The Balaban J connectivity index is 1.66. The summed E-state index contributed by atoms with van der Waals surface area (Å²) in [5, 5.41) is 4.29. The van der Waals surface area contributed by atoms with Gasteiger partial charge in [-0.3, -0.25) is 9.58 Å². The number of methoxy groups -OCH3 is 1. The molecule has 3 heterocycles. The van der Waals surface area contributed by atoms with Gasteiger partial charge in [0.2, 0.25) is 0 Å². The highest BCUT2D eigenvalue weighted by Gasteiger charge is 2.39. The van der Waals surface area contributed by atoms with E-state index in [1.54, 1.807) is 7.11 Å². The Labute approximate surface area is 132 Å². The first-order valence-electron chi connectivity index (χ1n) is 8.19. The Kier molecular flexibility index (Phi) is 5.46. The quantitative estimate of drug-likeness (QED) is 0.699. The maximum Gasteiger partial charge on any atom is 0.0746 e. The van der Waals surface area contributed by atoms with Crippen LogP contribution in [0.2, 0.25) is 0 Å². The van der Waals surface area contributed by atoms with Crippen LogP contribution in [-0.2, 0) is 27.7 Å². The van der Waals surface area contributed by atoms with Crippen molar-refractivity contribution in [2.45, 2.75) is 37.5 Å². The van der Waals surface area contributed by atoms with Crippen molar-refractivity contribution in [1.82, 2.24) is 14.7 Å². The molecule has 1 aromatic rings. The second-order valence-electron chi connectivity index (χ2n) is 6.24. The van der Waals surface area contributed by atoms with Crippen LogP contribution in [-0.4, -0.2) is 73.0 Å². The number of aromatic nitrogens is 2. The number of nitrogens with zero attached hydrogens (tertiary/aromatic N) is 3. The van der Waals surface area contributed by atoms with Crippen molar-refractivity contribution in [2.75, 3.05) is 40.1 Å². The topological polar surface area (TPSA) is 48.8 Å². The van der Waals surface area contributed by atoms with E-state index in [4.69, 9.17) is 14.2 Å². The van der Waals surface area contributed by atoms with Crippen molar-refractivity contribution in [3.05, 3.63) is 18.0 Å². The van der Waals surface area contributed by atoms with E-state index in [1.165, 1.54) is 5.56 Å². The molecule has 2 aliphatic rings. The van der Waals surface area contributed by atoms with E-state index < -0.39 is 0 Å². The molecule has 6 heteroatoms. The van der Waals surface area contributed by atoms with Gasteiger partial charge in [-0.15, -0.1) is 0 Å². The highest BCUT2D eigenvalue weighted by Crippen LogP contribution is 2.29. The molecule has 2 aliphatic heterocycles. The molecule has 3 rings (SSSR count). The number of likely N-dealkylation sites (tertiary alicyclic amines) is 1. The van der Waals surface area contributed by atoms with E-state index in [0.29, 0.717) is 25.3 Å². The summed E-state index contributed by atoms with van der Waals surface area (Å²) in [4.78, 5) is 2.59. The smallest absolute Gasteiger partial charge is 0.0746 e. The lowest BCUT2D eigenvalue weighted by Gasteiger charge is -2.31. The second kappa shape index (κ2) is 7.55. The summed E-state index contributed by atoms with van der Waals surface area (Å²) in [5.41, 5.74) is 1.28. The van der Waals surface area contributed by atoms with Crippen LogP contribution in [0, 0.1) is 0 Å². The first-order chi connectivity index (χ1) is 10.8. The number of hydrogen-bond donors (Lipinski definition) is 0. The minimum Gasteiger partial charge on any atom is -0.382 e. The molecule has 0 aromatic carbocycles. The molecule has 2 saturated heterocycles. The summed E-state index contributed by atoms with van der Waals surface area (Å²) in [5.74, 6) is 0. The van der Waals surface area contributed by atoms with Gasteiger partial charge in [-0.05, 0) is 24.8 Å². The molecule has 0 radical (unpaired) electrons. The lowest BCUT2D eigenvalue weighted by Crippen LogP contribution is -2.44. The zero-order valence-corrected chi connectivity index (χ0v) is 13.6. The van der Waals surface area contributed by atoms with Crippen LogP contribution in [0.3, 0.4) is 0 Å². The maximum absolute atomic E-state index is 6.09. The fourth-order valence-electron chi connectivity index (χ4n) is 3.63. The van der Waals surface area contributed by atoms with Gasteiger partial charge >= 0.3 is 0 Å². The highest BCUT2D eigenvalue weighted by molar-refractivity contribution is 5.09. The largest absolute Gasteiger partial charge is 0.382 e. The Morgan fingerprint density at radius 1 is 1.36 bits per heavy atom. The Morgan fingerprint density at radius 3 is 2.95 bits per heavy atom. The highest BCUT2D eigenvalue weighted by atomic mass is 16.5. The Hall–Kier alpha value is -0.950. The number of hydrogen-bond acceptors (Lipinski definition) is 5. The van der Waals surface area contributed by atoms with Gasteiger partial charge in [0.1, 0.15) is 0 Å². The van der Waals surface area contributed by atoms with Gasteiger partial charge in [0.15, 0.2) is 0 Å².